The summed E-state index contributed by atoms with van der Waals surface area (Å²) in [6.45, 7) is 2.07. The van der Waals surface area contributed by atoms with E-state index < -0.39 is 0 Å². The molecule has 3 rings (SSSR count). The van der Waals surface area contributed by atoms with E-state index in [1.807, 2.05) is 12.1 Å². The van der Waals surface area contributed by atoms with E-state index in [1.165, 1.54) is 5.56 Å². The zero-order valence-corrected chi connectivity index (χ0v) is 10.5. The fourth-order valence-corrected chi connectivity index (χ4v) is 2.65. The van der Waals surface area contributed by atoms with Crippen LogP contribution in [0.4, 0.5) is 5.95 Å². The molecule has 1 aromatic carbocycles. The van der Waals surface area contributed by atoms with Gasteiger partial charge in [0.15, 0.2) is 5.65 Å². The molecule has 0 saturated heterocycles. The van der Waals surface area contributed by atoms with E-state index in [9.17, 15) is 0 Å². The summed E-state index contributed by atoms with van der Waals surface area (Å²) in [4.78, 5) is 16.6. The second-order valence-corrected chi connectivity index (χ2v) is 4.89. The van der Waals surface area contributed by atoms with E-state index >= 15 is 0 Å². The Hall–Kier alpha value is -2.08. The van der Waals surface area contributed by atoms with Crippen molar-refractivity contribution in [2.75, 3.05) is 5.73 Å². The number of imidazole rings is 1. The largest absolute Gasteiger partial charge is 0.368 e. The molecule has 0 unspecified atom stereocenters. The molecule has 3 N–H and O–H groups in total. The van der Waals surface area contributed by atoms with Crippen LogP contribution in [0.1, 0.15) is 5.56 Å². The van der Waals surface area contributed by atoms with Crippen molar-refractivity contribution in [3.05, 3.63) is 36.2 Å². The Kier molecular flexibility index (Phi) is 2.64. The standard InChI is InChI=1S/C12H11N5S/c1-7-4-2-3-5-8(7)18-11-9-10(15-6-14-9)16-12(13)17-11/h2-6H,1H3,(H3,13,14,15,16,17). The molecule has 3 aromatic rings. The highest BCUT2D eigenvalue weighted by atomic mass is 32.2. The number of nitrogen functional groups attached to an aromatic ring is 1. The van der Waals surface area contributed by atoms with Gasteiger partial charge in [-0.1, -0.05) is 30.0 Å². The van der Waals surface area contributed by atoms with Gasteiger partial charge in [0.1, 0.15) is 10.5 Å². The lowest BCUT2D eigenvalue weighted by molar-refractivity contribution is 1.10. The fourth-order valence-electron chi connectivity index (χ4n) is 1.67. The van der Waals surface area contributed by atoms with Crippen molar-refractivity contribution in [3.63, 3.8) is 0 Å². The number of aromatic nitrogens is 4. The van der Waals surface area contributed by atoms with Crippen LogP contribution in [-0.2, 0) is 0 Å². The molecule has 5 nitrogen and oxygen atoms in total. The number of hydrogen-bond acceptors (Lipinski definition) is 5. The van der Waals surface area contributed by atoms with Crippen LogP contribution in [-0.4, -0.2) is 19.9 Å². The minimum Gasteiger partial charge on any atom is -0.368 e. The highest BCUT2D eigenvalue weighted by Gasteiger charge is 2.10. The Bertz CT molecular complexity index is 707. The zero-order valence-electron chi connectivity index (χ0n) is 9.71. The lowest BCUT2D eigenvalue weighted by Gasteiger charge is -2.05. The molecule has 6 heteroatoms. The van der Waals surface area contributed by atoms with Gasteiger partial charge in [-0.3, -0.25) is 0 Å². The van der Waals surface area contributed by atoms with E-state index in [-0.39, 0.29) is 5.95 Å². The quantitative estimate of drug-likeness (QED) is 0.689. The van der Waals surface area contributed by atoms with E-state index in [0.29, 0.717) is 5.65 Å². The lowest BCUT2D eigenvalue weighted by atomic mass is 10.2. The van der Waals surface area contributed by atoms with Crippen molar-refractivity contribution < 1.29 is 0 Å². The van der Waals surface area contributed by atoms with Crippen molar-refractivity contribution in [2.45, 2.75) is 16.8 Å². The summed E-state index contributed by atoms with van der Waals surface area (Å²) < 4.78 is 0. The maximum atomic E-state index is 5.69. The summed E-state index contributed by atoms with van der Waals surface area (Å²) in [5.41, 5.74) is 8.30. The first-order valence-corrected chi connectivity index (χ1v) is 6.26. The third-order valence-electron chi connectivity index (χ3n) is 2.57. The molecule has 0 atom stereocenters. The minimum absolute atomic E-state index is 0.241. The maximum Gasteiger partial charge on any atom is 0.223 e. The normalized spacial score (nSPS) is 10.9. The molecule has 0 radical (unpaired) electrons. The van der Waals surface area contributed by atoms with Crippen LogP contribution >= 0.6 is 11.8 Å². The number of H-pyrrole nitrogens is 1. The smallest absolute Gasteiger partial charge is 0.223 e. The Morgan fingerprint density at radius 3 is 2.89 bits per heavy atom. The number of aromatic amines is 1. The van der Waals surface area contributed by atoms with Gasteiger partial charge < -0.3 is 10.7 Å². The first-order valence-electron chi connectivity index (χ1n) is 5.44. The average molecular weight is 257 g/mol. The zero-order chi connectivity index (χ0) is 12.5. The Morgan fingerprint density at radius 1 is 1.22 bits per heavy atom. The van der Waals surface area contributed by atoms with Crippen molar-refractivity contribution in [2.24, 2.45) is 0 Å². The van der Waals surface area contributed by atoms with E-state index in [4.69, 9.17) is 5.73 Å². The molecule has 2 aromatic heterocycles. The SMILES string of the molecule is Cc1ccccc1Sc1nc(N)nc2nc[nH]c12. The molecule has 0 aliphatic rings. The predicted molar refractivity (Wildman–Crippen MR) is 71.4 cm³/mol. The third-order valence-corrected chi connectivity index (χ3v) is 3.74. The topological polar surface area (TPSA) is 80.5 Å². The molecule has 0 saturated carbocycles. The molecular formula is C12H11N5S. The number of nitrogens with two attached hydrogens (primary N) is 1. The first-order chi connectivity index (χ1) is 8.74. The van der Waals surface area contributed by atoms with Crippen LogP contribution in [0.15, 0.2) is 40.5 Å². The van der Waals surface area contributed by atoms with Crippen LogP contribution in [0.25, 0.3) is 11.2 Å². The summed E-state index contributed by atoms with van der Waals surface area (Å²) in [5.74, 6) is 0.241. The Labute approximate surface area is 108 Å². The number of nitrogens with zero attached hydrogens (tertiary/aromatic N) is 3. The van der Waals surface area contributed by atoms with Gasteiger partial charge in [-0.25, -0.2) is 9.97 Å². The number of rotatable bonds is 2. The van der Waals surface area contributed by atoms with Crippen LogP contribution in [0, 0.1) is 6.92 Å². The fraction of sp³-hybridized carbons (Fsp3) is 0.0833. The highest BCUT2D eigenvalue weighted by molar-refractivity contribution is 7.99. The average Bonchev–Trinajstić information content (AvgIpc) is 2.80. The van der Waals surface area contributed by atoms with Gasteiger partial charge in [-0.2, -0.15) is 4.98 Å². The number of anilines is 1. The van der Waals surface area contributed by atoms with E-state index in [2.05, 4.69) is 39.0 Å². The highest BCUT2D eigenvalue weighted by Crippen LogP contribution is 2.32. The molecule has 0 spiro atoms. The molecule has 0 fully saturated rings. The molecule has 90 valence electrons. The molecule has 0 aliphatic carbocycles. The lowest BCUT2D eigenvalue weighted by Crippen LogP contribution is -1.97. The Morgan fingerprint density at radius 2 is 2.06 bits per heavy atom. The predicted octanol–water partition coefficient (Wildman–Crippen LogP) is 2.39. The molecule has 0 bridgehead atoms. The minimum atomic E-state index is 0.241. The van der Waals surface area contributed by atoms with Gasteiger partial charge in [-0.05, 0) is 18.6 Å². The van der Waals surface area contributed by atoms with Crippen LogP contribution in [0.5, 0.6) is 0 Å². The summed E-state index contributed by atoms with van der Waals surface area (Å²) in [6.07, 6.45) is 1.60. The first kappa shape index (κ1) is 11.0. The molecule has 2 heterocycles. The number of fused-ring (bicyclic) bond motifs is 1. The number of benzene rings is 1. The molecule has 0 amide bonds. The van der Waals surface area contributed by atoms with Gasteiger partial charge in [0, 0.05) is 4.90 Å². The van der Waals surface area contributed by atoms with Crippen LogP contribution < -0.4 is 5.73 Å². The number of hydrogen-bond donors (Lipinski definition) is 2. The second kappa shape index (κ2) is 4.30. The molecular weight excluding hydrogens is 246 g/mol. The maximum absolute atomic E-state index is 5.69. The summed E-state index contributed by atoms with van der Waals surface area (Å²) in [7, 11) is 0. The number of nitrogens with one attached hydrogen (secondary N) is 1. The van der Waals surface area contributed by atoms with Crippen molar-refractivity contribution in [1.29, 1.82) is 0 Å². The van der Waals surface area contributed by atoms with E-state index in [0.717, 1.165) is 15.4 Å². The number of aryl methyl sites for hydroxylation is 1. The Balaban J connectivity index is 2.10. The van der Waals surface area contributed by atoms with Crippen LogP contribution in [0.2, 0.25) is 0 Å². The van der Waals surface area contributed by atoms with Gasteiger partial charge >= 0.3 is 0 Å². The summed E-state index contributed by atoms with van der Waals surface area (Å²) >= 11 is 1.56. The third kappa shape index (κ3) is 1.91. The molecule has 18 heavy (non-hydrogen) atoms. The van der Waals surface area contributed by atoms with Crippen molar-refractivity contribution in [1.82, 2.24) is 19.9 Å². The van der Waals surface area contributed by atoms with Gasteiger partial charge in [-0.15, -0.1) is 0 Å². The van der Waals surface area contributed by atoms with E-state index in [1.54, 1.807) is 18.1 Å². The van der Waals surface area contributed by atoms with Crippen molar-refractivity contribution in [3.8, 4) is 0 Å². The summed E-state index contributed by atoms with van der Waals surface area (Å²) in [6, 6.07) is 8.14. The van der Waals surface area contributed by atoms with Crippen LogP contribution in [0.3, 0.4) is 0 Å². The molecule has 0 aliphatic heterocycles. The van der Waals surface area contributed by atoms with Gasteiger partial charge in [0.05, 0.1) is 6.33 Å². The second-order valence-electron chi connectivity index (χ2n) is 3.86. The monoisotopic (exact) mass is 257 g/mol. The van der Waals surface area contributed by atoms with Gasteiger partial charge in [0.25, 0.3) is 0 Å². The van der Waals surface area contributed by atoms with Gasteiger partial charge in [0.2, 0.25) is 5.95 Å². The van der Waals surface area contributed by atoms with Crippen molar-refractivity contribution >= 4 is 28.9 Å². The summed E-state index contributed by atoms with van der Waals surface area (Å²) in [5, 5.41) is 0.796.